The second-order valence-corrected chi connectivity index (χ2v) is 5.43. The molecule has 1 aromatic carbocycles. The molecule has 0 fully saturated rings. The second-order valence-electron chi connectivity index (χ2n) is 5.43. The molecular formula is C22H19IrN4-. The minimum absolute atomic E-state index is 0. The molecule has 0 saturated carbocycles. The van der Waals surface area contributed by atoms with Crippen molar-refractivity contribution in [3.05, 3.63) is 104 Å². The van der Waals surface area contributed by atoms with Gasteiger partial charge in [0, 0.05) is 45.7 Å². The molecule has 0 amide bonds. The van der Waals surface area contributed by atoms with Gasteiger partial charge in [0.15, 0.2) is 0 Å². The van der Waals surface area contributed by atoms with Gasteiger partial charge < -0.3 is 9.88 Å². The van der Waals surface area contributed by atoms with Gasteiger partial charge in [-0.2, -0.15) is 0 Å². The third-order valence-electron chi connectivity index (χ3n) is 3.64. The molecule has 0 atom stereocenters. The third kappa shape index (κ3) is 6.10. The van der Waals surface area contributed by atoms with Crippen LogP contribution in [-0.2, 0) is 20.1 Å². The molecule has 0 saturated heterocycles. The number of benzene rings is 1. The fraction of sp³-hybridized carbons (Fsp3) is 0.0455. The van der Waals surface area contributed by atoms with Crippen LogP contribution in [0.2, 0.25) is 0 Å². The van der Waals surface area contributed by atoms with E-state index < -0.39 is 0 Å². The van der Waals surface area contributed by atoms with Crippen molar-refractivity contribution in [3.8, 4) is 11.3 Å². The maximum atomic E-state index is 4.24. The maximum Gasteiger partial charge on any atom is 0.133 e. The van der Waals surface area contributed by atoms with Gasteiger partial charge in [0.2, 0.25) is 0 Å². The van der Waals surface area contributed by atoms with E-state index in [2.05, 4.69) is 21.0 Å². The zero-order valence-corrected chi connectivity index (χ0v) is 17.3. The zero-order valence-electron chi connectivity index (χ0n) is 14.9. The van der Waals surface area contributed by atoms with Gasteiger partial charge >= 0.3 is 0 Å². The van der Waals surface area contributed by atoms with Gasteiger partial charge in [-0.25, -0.2) is 9.97 Å². The average molecular weight is 532 g/mol. The van der Waals surface area contributed by atoms with Gasteiger partial charge in [-0.15, -0.1) is 35.9 Å². The van der Waals surface area contributed by atoms with Crippen LogP contribution >= 0.6 is 0 Å². The Morgan fingerprint density at radius 1 is 0.667 bits per heavy atom. The zero-order chi connectivity index (χ0) is 18.0. The Bertz CT molecular complexity index is 811. The summed E-state index contributed by atoms with van der Waals surface area (Å²) in [4.78, 5) is 14.6. The van der Waals surface area contributed by atoms with Crippen molar-refractivity contribution in [3.63, 3.8) is 0 Å². The van der Waals surface area contributed by atoms with Crippen LogP contribution < -0.4 is 4.90 Å². The molecule has 0 aliphatic carbocycles. The summed E-state index contributed by atoms with van der Waals surface area (Å²) in [5.41, 5.74) is 2.01. The molecule has 0 unspecified atom stereocenters. The van der Waals surface area contributed by atoms with Gasteiger partial charge in [0.25, 0.3) is 0 Å². The first-order chi connectivity index (χ1) is 12.8. The molecule has 0 spiro atoms. The first kappa shape index (κ1) is 20.4. The van der Waals surface area contributed by atoms with Gasteiger partial charge in [0.05, 0.1) is 0 Å². The largest absolute Gasteiger partial charge is 0.314 e. The predicted octanol–water partition coefficient (Wildman–Crippen LogP) is 4.79. The molecule has 0 N–H and O–H groups in total. The third-order valence-corrected chi connectivity index (χ3v) is 3.64. The Balaban J connectivity index is 0.000000189. The summed E-state index contributed by atoms with van der Waals surface area (Å²) in [5, 5.41) is 0. The first-order valence-corrected chi connectivity index (χ1v) is 8.28. The smallest absolute Gasteiger partial charge is 0.133 e. The summed E-state index contributed by atoms with van der Waals surface area (Å²) >= 11 is 0. The quantitative estimate of drug-likeness (QED) is 0.357. The number of anilines is 2. The summed E-state index contributed by atoms with van der Waals surface area (Å²) in [5.74, 6) is 1.79. The molecule has 4 aromatic rings. The molecule has 3 heterocycles. The second kappa shape index (κ2) is 11.0. The van der Waals surface area contributed by atoms with Crippen LogP contribution in [0.4, 0.5) is 11.6 Å². The monoisotopic (exact) mass is 532 g/mol. The topological polar surface area (TPSA) is 41.9 Å². The normalized spacial score (nSPS) is 9.37. The standard InChI is InChI=1S/C11H11N3.C11H8N.Ir/c1-14(10-6-2-4-8-12-10)11-7-3-5-9-13-11;1-2-6-10(7-3-1)11-8-4-5-9-12-11;/h2-9H,1H3;1-6,8-9H;/q;-1;. The van der Waals surface area contributed by atoms with Crippen LogP contribution in [0.25, 0.3) is 11.3 Å². The molecule has 5 heteroatoms. The Morgan fingerprint density at radius 2 is 1.22 bits per heavy atom. The molecule has 3 aromatic heterocycles. The Hall–Kier alpha value is -2.88. The number of aromatic nitrogens is 3. The Morgan fingerprint density at radius 3 is 1.67 bits per heavy atom. The van der Waals surface area contributed by atoms with E-state index in [1.54, 1.807) is 18.6 Å². The fourth-order valence-corrected chi connectivity index (χ4v) is 2.30. The van der Waals surface area contributed by atoms with Gasteiger partial charge in [-0.05, 0) is 36.0 Å². The van der Waals surface area contributed by atoms with E-state index in [1.165, 1.54) is 0 Å². The van der Waals surface area contributed by atoms with Gasteiger partial charge in [-0.3, -0.25) is 0 Å². The first-order valence-electron chi connectivity index (χ1n) is 8.28. The molecule has 1 radical (unpaired) electrons. The fourth-order valence-electron chi connectivity index (χ4n) is 2.30. The predicted molar refractivity (Wildman–Crippen MR) is 105 cm³/mol. The molecule has 4 rings (SSSR count). The Labute approximate surface area is 173 Å². The Kier molecular flexibility index (Phi) is 8.30. The molecular weight excluding hydrogens is 512 g/mol. The van der Waals surface area contributed by atoms with Crippen LogP contribution in [0.3, 0.4) is 0 Å². The SMILES string of the molecule is CN(c1ccccn1)c1ccccn1.[Ir].[c-]1ccccc1-c1ccccn1. The van der Waals surface area contributed by atoms with E-state index in [0.717, 1.165) is 22.9 Å². The van der Waals surface area contributed by atoms with Crippen molar-refractivity contribution < 1.29 is 20.1 Å². The van der Waals surface area contributed by atoms with Gasteiger partial charge in [0.1, 0.15) is 11.6 Å². The number of hydrogen-bond acceptors (Lipinski definition) is 4. The molecule has 4 nitrogen and oxygen atoms in total. The maximum absolute atomic E-state index is 4.24. The average Bonchev–Trinajstić information content (AvgIpc) is 2.76. The van der Waals surface area contributed by atoms with Crippen LogP contribution in [0.15, 0.2) is 97.5 Å². The van der Waals surface area contributed by atoms with E-state index in [0.29, 0.717) is 0 Å². The number of hydrogen-bond donors (Lipinski definition) is 0. The van der Waals surface area contributed by atoms with E-state index >= 15 is 0 Å². The molecule has 0 aliphatic rings. The summed E-state index contributed by atoms with van der Waals surface area (Å²) in [7, 11) is 1.95. The molecule has 0 bridgehead atoms. The van der Waals surface area contributed by atoms with Crippen LogP contribution in [-0.4, -0.2) is 22.0 Å². The summed E-state index contributed by atoms with van der Waals surface area (Å²) in [6, 6.07) is 28.4. The van der Waals surface area contributed by atoms with Gasteiger partial charge in [-0.1, -0.05) is 24.3 Å². The molecule has 27 heavy (non-hydrogen) atoms. The van der Waals surface area contributed by atoms with E-state index in [1.807, 2.05) is 90.8 Å². The number of nitrogens with zero attached hydrogens (tertiary/aromatic N) is 4. The molecule has 0 aliphatic heterocycles. The van der Waals surface area contributed by atoms with Crippen LogP contribution in [0.5, 0.6) is 0 Å². The number of rotatable bonds is 3. The van der Waals surface area contributed by atoms with Crippen molar-refractivity contribution >= 4 is 11.6 Å². The van der Waals surface area contributed by atoms with E-state index in [-0.39, 0.29) is 20.1 Å². The minimum atomic E-state index is 0. The summed E-state index contributed by atoms with van der Waals surface area (Å²) < 4.78 is 0. The van der Waals surface area contributed by atoms with Crippen molar-refractivity contribution in [2.45, 2.75) is 0 Å². The minimum Gasteiger partial charge on any atom is -0.314 e. The van der Waals surface area contributed by atoms with E-state index in [9.17, 15) is 0 Å². The van der Waals surface area contributed by atoms with Crippen molar-refractivity contribution in [1.29, 1.82) is 0 Å². The summed E-state index contributed by atoms with van der Waals surface area (Å²) in [6.07, 6.45) is 5.33. The van der Waals surface area contributed by atoms with Crippen LogP contribution in [0, 0.1) is 6.07 Å². The summed E-state index contributed by atoms with van der Waals surface area (Å²) in [6.45, 7) is 0. The van der Waals surface area contributed by atoms with Crippen molar-refractivity contribution in [1.82, 2.24) is 15.0 Å². The van der Waals surface area contributed by atoms with Crippen molar-refractivity contribution in [2.24, 2.45) is 0 Å². The molecule has 137 valence electrons. The van der Waals surface area contributed by atoms with Crippen LogP contribution in [0.1, 0.15) is 0 Å². The number of pyridine rings is 3. The van der Waals surface area contributed by atoms with Crippen molar-refractivity contribution in [2.75, 3.05) is 11.9 Å². The van der Waals surface area contributed by atoms with E-state index in [4.69, 9.17) is 0 Å².